The molecule has 0 unspecified atom stereocenters. The third kappa shape index (κ3) is 5.33. The van der Waals surface area contributed by atoms with Crippen LogP contribution in [0.4, 0.5) is 0 Å². The highest BCUT2D eigenvalue weighted by Gasteiger charge is 2.27. The van der Waals surface area contributed by atoms with E-state index in [1.165, 1.54) is 11.1 Å². The van der Waals surface area contributed by atoms with Crippen molar-refractivity contribution < 1.29 is 4.42 Å². The van der Waals surface area contributed by atoms with Gasteiger partial charge < -0.3 is 9.73 Å². The molecule has 1 N–H and O–H groups in total. The van der Waals surface area contributed by atoms with Crippen LogP contribution in [0.25, 0.3) is 0 Å². The van der Waals surface area contributed by atoms with Crippen molar-refractivity contribution >= 4 is 0 Å². The number of hydrogen-bond acceptors (Lipinski definition) is 2. The summed E-state index contributed by atoms with van der Waals surface area (Å²) in [6.07, 6.45) is 1.99. The van der Waals surface area contributed by atoms with Crippen molar-refractivity contribution in [2.45, 2.75) is 58.0 Å². The van der Waals surface area contributed by atoms with Gasteiger partial charge in [-0.1, -0.05) is 74.5 Å². The minimum Gasteiger partial charge on any atom is -0.466 e. The smallest absolute Gasteiger partial charge is 0.109 e. The summed E-state index contributed by atoms with van der Waals surface area (Å²) in [5.74, 6) is 2.04. The van der Waals surface area contributed by atoms with Gasteiger partial charge in [0.25, 0.3) is 0 Å². The molecule has 2 aromatic carbocycles. The Labute approximate surface area is 163 Å². The van der Waals surface area contributed by atoms with E-state index in [0.717, 1.165) is 24.4 Å². The van der Waals surface area contributed by atoms with E-state index in [1.807, 2.05) is 6.92 Å². The van der Waals surface area contributed by atoms with Gasteiger partial charge in [0.15, 0.2) is 0 Å². The van der Waals surface area contributed by atoms with Gasteiger partial charge in [0.05, 0.1) is 0 Å². The fraction of sp³-hybridized carbons (Fsp3) is 0.360. The van der Waals surface area contributed by atoms with Crippen LogP contribution in [0.2, 0.25) is 0 Å². The van der Waals surface area contributed by atoms with Gasteiger partial charge in [0.1, 0.15) is 11.5 Å². The van der Waals surface area contributed by atoms with Crippen molar-refractivity contribution in [3.8, 4) is 0 Å². The van der Waals surface area contributed by atoms with Crippen LogP contribution in [0.5, 0.6) is 0 Å². The summed E-state index contributed by atoms with van der Waals surface area (Å²) in [7, 11) is 0. The number of nitrogens with one attached hydrogen (secondary N) is 1. The van der Waals surface area contributed by atoms with Gasteiger partial charge in [-0.05, 0) is 49.9 Å². The quantitative estimate of drug-likeness (QED) is 0.515. The Hall–Kier alpha value is -2.32. The van der Waals surface area contributed by atoms with Crippen molar-refractivity contribution in [3.05, 3.63) is 95.4 Å². The van der Waals surface area contributed by atoms with Crippen LogP contribution in [-0.4, -0.2) is 6.04 Å². The number of furan rings is 1. The van der Waals surface area contributed by atoms with Crippen LogP contribution in [0.3, 0.4) is 0 Å². The van der Waals surface area contributed by atoms with Crippen LogP contribution in [0.1, 0.15) is 55.9 Å². The Morgan fingerprint density at radius 3 is 2.11 bits per heavy atom. The summed E-state index contributed by atoms with van der Waals surface area (Å²) in [4.78, 5) is 0. The van der Waals surface area contributed by atoms with E-state index in [4.69, 9.17) is 4.42 Å². The summed E-state index contributed by atoms with van der Waals surface area (Å²) >= 11 is 0. The number of rotatable bonds is 8. The maximum atomic E-state index is 5.91. The van der Waals surface area contributed by atoms with Crippen molar-refractivity contribution in [3.63, 3.8) is 0 Å². The fourth-order valence-electron chi connectivity index (χ4n) is 3.87. The summed E-state index contributed by atoms with van der Waals surface area (Å²) in [5, 5.41) is 3.87. The van der Waals surface area contributed by atoms with Gasteiger partial charge in [-0.15, -0.1) is 0 Å². The number of hydrogen-bond donors (Lipinski definition) is 1. The van der Waals surface area contributed by atoms with E-state index in [9.17, 15) is 0 Å². The Bertz CT molecular complexity index is 820. The molecule has 0 fully saturated rings. The van der Waals surface area contributed by atoms with E-state index in [1.54, 1.807) is 0 Å². The maximum absolute atomic E-state index is 5.91. The zero-order valence-corrected chi connectivity index (χ0v) is 16.9. The lowest BCUT2D eigenvalue weighted by molar-refractivity contribution is 0.306. The third-order valence-corrected chi connectivity index (χ3v) is 5.19. The molecule has 0 aliphatic carbocycles. The van der Waals surface area contributed by atoms with Crippen LogP contribution in [0.15, 0.2) is 77.2 Å². The third-order valence-electron chi connectivity index (χ3n) is 5.19. The molecule has 0 aliphatic rings. The standard InChI is InChI=1S/C25H31NO/c1-19(18-25(3,4)24-16-15-20(2)27-24)26-23(22-13-9-6-10-14-22)17-21-11-7-5-8-12-21/h5-16,19,23,26H,17-18H2,1-4H3/t19-,23+/m0/s1. The topological polar surface area (TPSA) is 25.2 Å². The molecule has 0 saturated carbocycles. The highest BCUT2D eigenvalue weighted by atomic mass is 16.3. The van der Waals surface area contributed by atoms with Gasteiger partial charge in [0, 0.05) is 17.5 Å². The molecule has 0 saturated heterocycles. The molecule has 0 radical (unpaired) electrons. The second-order valence-electron chi connectivity index (χ2n) is 8.22. The average molecular weight is 362 g/mol. The Morgan fingerprint density at radius 2 is 1.52 bits per heavy atom. The normalized spacial score (nSPS) is 14.1. The second-order valence-corrected chi connectivity index (χ2v) is 8.22. The summed E-state index contributed by atoms with van der Waals surface area (Å²) in [5.41, 5.74) is 2.68. The zero-order chi connectivity index (χ0) is 19.3. The SMILES string of the molecule is Cc1ccc(C(C)(C)C[C@H](C)N[C@H](Cc2ccccc2)c2ccccc2)o1. The molecule has 2 heteroatoms. The van der Waals surface area contributed by atoms with Crippen molar-refractivity contribution in [1.82, 2.24) is 5.32 Å². The minimum atomic E-state index is -0.00530. The lowest BCUT2D eigenvalue weighted by atomic mass is 9.83. The van der Waals surface area contributed by atoms with E-state index in [0.29, 0.717) is 6.04 Å². The predicted molar refractivity (Wildman–Crippen MR) is 113 cm³/mol. The predicted octanol–water partition coefficient (Wildman–Crippen LogP) is 6.22. The van der Waals surface area contributed by atoms with E-state index in [-0.39, 0.29) is 11.5 Å². The first kappa shape index (κ1) is 19.4. The molecule has 1 aromatic heterocycles. The molecule has 3 rings (SSSR count). The van der Waals surface area contributed by atoms with Gasteiger partial charge in [-0.2, -0.15) is 0 Å². The summed E-state index contributed by atoms with van der Waals surface area (Å²) in [6, 6.07) is 26.3. The van der Waals surface area contributed by atoms with Crippen LogP contribution in [0, 0.1) is 6.92 Å². The van der Waals surface area contributed by atoms with Crippen molar-refractivity contribution in [2.24, 2.45) is 0 Å². The highest BCUT2D eigenvalue weighted by Crippen LogP contribution is 2.31. The molecule has 0 bridgehead atoms. The van der Waals surface area contributed by atoms with E-state index >= 15 is 0 Å². The summed E-state index contributed by atoms with van der Waals surface area (Å²) < 4.78 is 5.91. The first-order valence-electron chi connectivity index (χ1n) is 9.86. The highest BCUT2D eigenvalue weighted by molar-refractivity contribution is 5.24. The fourth-order valence-corrected chi connectivity index (χ4v) is 3.87. The molecule has 1 heterocycles. The molecule has 27 heavy (non-hydrogen) atoms. The van der Waals surface area contributed by atoms with E-state index < -0.39 is 0 Å². The molecular formula is C25H31NO. The largest absolute Gasteiger partial charge is 0.466 e. The van der Waals surface area contributed by atoms with Crippen molar-refractivity contribution in [2.75, 3.05) is 0 Å². The van der Waals surface area contributed by atoms with Gasteiger partial charge in [-0.3, -0.25) is 0 Å². The Kier molecular flexibility index (Phi) is 6.18. The van der Waals surface area contributed by atoms with Gasteiger partial charge in [0.2, 0.25) is 0 Å². The number of aryl methyl sites for hydroxylation is 1. The zero-order valence-electron chi connectivity index (χ0n) is 16.9. The number of benzene rings is 2. The lowest BCUT2D eigenvalue weighted by Gasteiger charge is -2.30. The average Bonchev–Trinajstić information content (AvgIpc) is 3.10. The maximum Gasteiger partial charge on any atom is 0.109 e. The first-order valence-corrected chi connectivity index (χ1v) is 9.86. The van der Waals surface area contributed by atoms with E-state index in [2.05, 4.69) is 98.9 Å². The second kappa shape index (κ2) is 8.58. The summed E-state index contributed by atoms with van der Waals surface area (Å²) in [6.45, 7) is 8.81. The lowest BCUT2D eigenvalue weighted by Crippen LogP contribution is -2.36. The molecule has 0 spiro atoms. The molecule has 2 atom stereocenters. The Balaban J connectivity index is 1.73. The molecule has 0 aliphatic heterocycles. The Morgan fingerprint density at radius 1 is 0.889 bits per heavy atom. The van der Waals surface area contributed by atoms with Gasteiger partial charge in [-0.25, -0.2) is 0 Å². The monoisotopic (exact) mass is 361 g/mol. The molecule has 142 valence electrons. The molecule has 0 amide bonds. The van der Waals surface area contributed by atoms with Crippen LogP contribution < -0.4 is 5.32 Å². The van der Waals surface area contributed by atoms with Gasteiger partial charge >= 0.3 is 0 Å². The minimum absolute atomic E-state index is 0.00530. The van der Waals surface area contributed by atoms with Crippen molar-refractivity contribution in [1.29, 1.82) is 0 Å². The molecular weight excluding hydrogens is 330 g/mol. The first-order chi connectivity index (χ1) is 12.9. The molecule has 2 nitrogen and oxygen atoms in total. The molecule has 3 aromatic rings. The van der Waals surface area contributed by atoms with Crippen LogP contribution >= 0.6 is 0 Å². The van der Waals surface area contributed by atoms with Crippen LogP contribution in [-0.2, 0) is 11.8 Å².